The van der Waals surface area contributed by atoms with E-state index in [1.54, 1.807) is 31.2 Å². The Morgan fingerprint density at radius 3 is 2.39 bits per heavy atom. The van der Waals surface area contributed by atoms with Crippen molar-refractivity contribution >= 4 is 17.6 Å². The van der Waals surface area contributed by atoms with Gasteiger partial charge in [-0.3, -0.25) is 14.7 Å². The van der Waals surface area contributed by atoms with Crippen LogP contribution in [0.2, 0.25) is 0 Å². The molecule has 0 atom stereocenters. The number of halogens is 2. The van der Waals surface area contributed by atoms with Gasteiger partial charge in [0.1, 0.15) is 11.5 Å². The molecule has 0 spiro atoms. The fraction of sp³-hybridized carbons (Fsp3) is 0.217. The molecule has 1 aromatic carbocycles. The van der Waals surface area contributed by atoms with E-state index in [9.17, 15) is 18.4 Å². The number of nitrogens with zero attached hydrogens (tertiary/aromatic N) is 3. The van der Waals surface area contributed by atoms with Crippen LogP contribution in [-0.2, 0) is 11.2 Å². The van der Waals surface area contributed by atoms with Crippen molar-refractivity contribution in [2.24, 2.45) is 0 Å². The van der Waals surface area contributed by atoms with Gasteiger partial charge >= 0.3 is 6.09 Å². The predicted octanol–water partition coefficient (Wildman–Crippen LogP) is 4.83. The molecular formula is C23H21F2N3O3. The molecule has 2 aromatic heterocycles. The van der Waals surface area contributed by atoms with Crippen molar-refractivity contribution in [3.05, 3.63) is 77.9 Å². The highest BCUT2D eigenvalue weighted by Crippen LogP contribution is 2.26. The molecule has 0 saturated carbocycles. The van der Waals surface area contributed by atoms with E-state index in [-0.39, 0.29) is 30.2 Å². The molecule has 0 saturated heterocycles. The summed E-state index contributed by atoms with van der Waals surface area (Å²) in [5.74, 6) is -1.31. The van der Waals surface area contributed by atoms with E-state index in [1.165, 1.54) is 37.6 Å². The molecule has 31 heavy (non-hydrogen) atoms. The molecule has 0 unspecified atom stereocenters. The van der Waals surface area contributed by atoms with Crippen LogP contribution in [0.15, 0.2) is 54.9 Å². The highest BCUT2D eigenvalue weighted by molar-refractivity contribution is 5.94. The van der Waals surface area contributed by atoms with E-state index in [0.29, 0.717) is 17.5 Å². The number of aryl methyl sites for hydroxylation is 1. The largest absolute Gasteiger partial charge is 0.449 e. The molecule has 160 valence electrons. The lowest BCUT2D eigenvalue weighted by atomic mass is 10.0. The van der Waals surface area contributed by atoms with Crippen molar-refractivity contribution < 1.29 is 23.1 Å². The first-order valence-corrected chi connectivity index (χ1v) is 9.69. The first-order valence-electron chi connectivity index (χ1n) is 9.69. The van der Waals surface area contributed by atoms with Gasteiger partial charge in [-0.25, -0.2) is 14.2 Å². The zero-order valence-electron chi connectivity index (χ0n) is 17.1. The summed E-state index contributed by atoms with van der Waals surface area (Å²) in [7, 11) is 1.43. The van der Waals surface area contributed by atoms with Crippen molar-refractivity contribution in [3.8, 4) is 11.1 Å². The Morgan fingerprint density at radius 1 is 1.00 bits per heavy atom. The summed E-state index contributed by atoms with van der Waals surface area (Å²) >= 11 is 0. The molecule has 6 nitrogen and oxygen atoms in total. The van der Waals surface area contributed by atoms with Gasteiger partial charge in [0, 0.05) is 31.4 Å². The van der Waals surface area contributed by atoms with Crippen LogP contribution in [0, 0.1) is 11.8 Å². The molecule has 0 aliphatic rings. The summed E-state index contributed by atoms with van der Waals surface area (Å²) < 4.78 is 32.3. The Morgan fingerprint density at radius 2 is 1.77 bits per heavy atom. The lowest BCUT2D eigenvalue weighted by Crippen LogP contribution is -2.27. The Kier molecular flexibility index (Phi) is 7.02. The van der Waals surface area contributed by atoms with Gasteiger partial charge in [0.15, 0.2) is 5.78 Å². The van der Waals surface area contributed by atoms with E-state index in [0.717, 1.165) is 10.5 Å². The number of carbonyl (C=O) groups is 2. The molecule has 8 heteroatoms. The van der Waals surface area contributed by atoms with Crippen molar-refractivity contribution in [3.63, 3.8) is 0 Å². The van der Waals surface area contributed by atoms with Crippen LogP contribution in [0.25, 0.3) is 11.1 Å². The highest BCUT2D eigenvalue weighted by atomic mass is 19.1. The van der Waals surface area contributed by atoms with Crippen LogP contribution in [0.5, 0.6) is 0 Å². The van der Waals surface area contributed by atoms with Gasteiger partial charge in [-0.15, -0.1) is 0 Å². The minimum Gasteiger partial charge on any atom is -0.449 e. The Balaban J connectivity index is 1.67. The number of aromatic nitrogens is 2. The summed E-state index contributed by atoms with van der Waals surface area (Å²) in [6.07, 6.45) is 2.89. The Bertz CT molecular complexity index is 1070. The third kappa shape index (κ3) is 5.48. The van der Waals surface area contributed by atoms with Crippen LogP contribution >= 0.6 is 0 Å². The third-order valence-electron chi connectivity index (χ3n) is 4.66. The number of amides is 1. The van der Waals surface area contributed by atoms with E-state index >= 15 is 0 Å². The summed E-state index contributed by atoms with van der Waals surface area (Å²) in [4.78, 5) is 33.0. The number of anilines is 1. The molecule has 0 N–H and O–H groups in total. The summed E-state index contributed by atoms with van der Waals surface area (Å²) in [5.41, 5.74) is 2.33. The van der Waals surface area contributed by atoms with Crippen LogP contribution in [0.1, 0.15) is 29.4 Å². The fourth-order valence-electron chi connectivity index (χ4n) is 2.95. The van der Waals surface area contributed by atoms with Crippen LogP contribution in [0.4, 0.5) is 19.3 Å². The number of pyridine rings is 2. The molecule has 0 bridgehead atoms. The quantitative estimate of drug-likeness (QED) is 0.401. The third-order valence-corrected chi connectivity index (χ3v) is 4.66. The zero-order valence-corrected chi connectivity index (χ0v) is 17.1. The van der Waals surface area contributed by atoms with Gasteiger partial charge in [-0.2, -0.15) is 4.39 Å². The number of hydrogen-bond acceptors (Lipinski definition) is 5. The minimum atomic E-state index is -0.643. The number of carbonyl (C=O) groups excluding carboxylic acids is 2. The predicted molar refractivity (Wildman–Crippen MR) is 112 cm³/mol. The van der Waals surface area contributed by atoms with Gasteiger partial charge in [0.25, 0.3) is 0 Å². The lowest BCUT2D eigenvalue weighted by Gasteiger charge is -2.17. The van der Waals surface area contributed by atoms with Gasteiger partial charge in [0.2, 0.25) is 5.95 Å². The lowest BCUT2D eigenvalue weighted by molar-refractivity contribution is 0.0978. The van der Waals surface area contributed by atoms with Crippen molar-refractivity contribution in [2.45, 2.75) is 19.8 Å². The molecule has 0 fully saturated rings. The first-order chi connectivity index (χ1) is 14.9. The average molecular weight is 425 g/mol. The van der Waals surface area contributed by atoms with Crippen molar-refractivity contribution in [1.82, 2.24) is 9.97 Å². The maximum Gasteiger partial charge on any atom is 0.414 e. The molecule has 3 aromatic rings. The second-order valence-corrected chi connectivity index (χ2v) is 6.77. The topological polar surface area (TPSA) is 72.4 Å². The molecular weight excluding hydrogens is 404 g/mol. The smallest absolute Gasteiger partial charge is 0.414 e. The second-order valence-electron chi connectivity index (χ2n) is 6.77. The Labute approximate surface area is 178 Å². The molecule has 2 heterocycles. The van der Waals surface area contributed by atoms with E-state index in [4.69, 9.17) is 4.74 Å². The normalized spacial score (nSPS) is 10.6. The monoisotopic (exact) mass is 425 g/mol. The van der Waals surface area contributed by atoms with Crippen LogP contribution in [0.3, 0.4) is 0 Å². The first kappa shape index (κ1) is 22.0. The SMILES string of the molecule is CCOC(=O)N(C)c1ccc(-c2ccc(C(=O)CCc3ccc(F)nc3)nc2)cc1F. The summed E-state index contributed by atoms with van der Waals surface area (Å²) in [6, 6.07) is 10.5. The van der Waals surface area contributed by atoms with E-state index in [1.807, 2.05) is 0 Å². The van der Waals surface area contributed by atoms with Crippen LogP contribution < -0.4 is 4.90 Å². The summed E-state index contributed by atoms with van der Waals surface area (Å²) in [6.45, 7) is 1.87. The number of ether oxygens (including phenoxy) is 1. The number of benzene rings is 1. The second kappa shape index (κ2) is 9.88. The number of ketones is 1. The molecule has 1 amide bonds. The maximum atomic E-state index is 14.5. The van der Waals surface area contributed by atoms with Gasteiger partial charge < -0.3 is 4.74 Å². The number of hydrogen-bond donors (Lipinski definition) is 0. The Hall–Kier alpha value is -3.68. The molecule has 0 radical (unpaired) electrons. The van der Waals surface area contributed by atoms with Crippen LogP contribution in [-0.4, -0.2) is 35.5 Å². The molecule has 3 rings (SSSR count). The minimum absolute atomic E-state index is 0.0947. The van der Waals surface area contributed by atoms with Crippen molar-refractivity contribution in [1.29, 1.82) is 0 Å². The summed E-state index contributed by atoms with van der Waals surface area (Å²) in [5, 5.41) is 0. The van der Waals surface area contributed by atoms with Gasteiger partial charge in [0.05, 0.1) is 12.3 Å². The number of Topliss-reactive ketones (excluding diaryl/α,β-unsaturated/α-hetero) is 1. The van der Waals surface area contributed by atoms with Gasteiger partial charge in [-0.05, 0) is 48.7 Å². The zero-order chi connectivity index (χ0) is 22.4. The average Bonchev–Trinajstić information content (AvgIpc) is 2.78. The standard InChI is InChI=1S/C23H21F2N3O3/c1-3-31-23(30)28(2)20-9-7-16(12-18(20)24)17-6-8-19(26-14-17)21(29)10-4-15-5-11-22(25)27-13-15/h5-9,11-14H,3-4,10H2,1-2H3. The van der Waals surface area contributed by atoms with E-state index < -0.39 is 17.9 Å². The highest BCUT2D eigenvalue weighted by Gasteiger charge is 2.16. The van der Waals surface area contributed by atoms with Gasteiger partial charge in [-0.1, -0.05) is 18.2 Å². The molecule has 0 aliphatic carbocycles. The fourth-order valence-corrected chi connectivity index (χ4v) is 2.95. The van der Waals surface area contributed by atoms with Crippen molar-refractivity contribution in [2.75, 3.05) is 18.6 Å². The molecule has 0 aliphatic heterocycles. The van der Waals surface area contributed by atoms with E-state index in [2.05, 4.69) is 9.97 Å². The number of rotatable bonds is 7. The maximum absolute atomic E-state index is 14.5.